The Kier molecular flexibility index (Phi) is 2.66. The Balaban J connectivity index is 2.84. The fraction of sp³-hybridized carbons (Fsp3) is 0.308. The molecule has 0 aliphatic heterocycles. The average molecular weight is 220 g/mol. The van der Waals surface area contributed by atoms with Gasteiger partial charge in [0.1, 0.15) is 0 Å². The maximum atomic E-state index is 6.02. The monoisotopic (exact) mass is 219 g/mol. The molecule has 1 aromatic carbocycles. The Morgan fingerprint density at radius 2 is 2.00 bits per heavy atom. The van der Waals surface area contributed by atoms with Crippen LogP contribution in [0.1, 0.15) is 30.9 Å². The molecule has 0 saturated heterocycles. The van der Waals surface area contributed by atoms with Crippen molar-refractivity contribution in [3.8, 4) is 0 Å². The highest BCUT2D eigenvalue weighted by Crippen LogP contribution is 2.28. The Hall–Kier alpha value is -1.08. The van der Waals surface area contributed by atoms with Gasteiger partial charge in [-0.05, 0) is 42.2 Å². The molecule has 0 N–H and O–H groups in total. The molecule has 0 saturated carbocycles. The van der Waals surface area contributed by atoms with Gasteiger partial charge < -0.3 is 0 Å². The number of hydrogen-bond donors (Lipinski definition) is 0. The van der Waals surface area contributed by atoms with Gasteiger partial charge in [-0.15, -0.1) is 0 Å². The maximum absolute atomic E-state index is 6.02. The molecule has 2 heteroatoms. The Labute approximate surface area is 95.1 Å². The third-order valence-corrected chi connectivity index (χ3v) is 2.88. The van der Waals surface area contributed by atoms with E-state index in [0.717, 1.165) is 10.5 Å². The summed E-state index contributed by atoms with van der Waals surface area (Å²) in [6.07, 6.45) is 1.94. The fourth-order valence-electron chi connectivity index (χ4n) is 2.05. The molecule has 0 atom stereocenters. The van der Waals surface area contributed by atoms with E-state index in [1.165, 1.54) is 16.5 Å². The SMILES string of the molecule is Cc1cnc2ccc(Cl)cc2c1C(C)C. The van der Waals surface area contributed by atoms with Gasteiger partial charge in [0, 0.05) is 16.6 Å². The molecule has 0 spiro atoms. The Bertz CT molecular complexity index is 498. The minimum Gasteiger partial charge on any atom is -0.256 e. The van der Waals surface area contributed by atoms with E-state index in [1.54, 1.807) is 0 Å². The van der Waals surface area contributed by atoms with Crippen molar-refractivity contribution < 1.29 is 0 Å². The second kappa shape index (κ2) is 3.82. The van der Waals surface area contributed by atoms with Gasteiger partial charge >= 0.3 is 0 Å². The number of rotatable bonds is 1. The molecule has 1 heterocycles. The zero-order valence-corrected chi connectivity index (χ0v) is 9.97. The highest BCUT2D eigenvalue weighted by molar-refractivity contribution is 6.31. The molecule has 0 aliphatic rings. The van der Waals surface area contributed by atoms with Crippen LogP contribution in [-0.2, 0) is 0 Å². The number of benzene rings is 1. The smallest absolute Gasteiger partial charge is 0.0706 e. The summed E-state index contributed by atoms with van der Waals surface area (Å²) in [6, 6.07) is 5.87. The van der Waals surface area contributed by atoms with Gasteiger partial charge in [0.15, 0.2) is 0 Å². The third kappa shape index (κ3) is 1.84. The van der Waals surface area contributed by atoms with Crippen LogP contribution in [0.25, 0.3) is 10.9 Å². The first-order chi connectivity index (χ1) is 7.09. The number of fused-ring (bicyclic) bond motifs is 1. The molecular weight excluding hydrogens is 206 g/mol. The van der Waals surface area contributed by atoms with Crippen LogP contribution < -0.4 is 0 Å². The predicted octanol–water partition coefficient (Wildman–Crippen LogP) is 4.32. The molecule has 2 aromatic rings. The van der Waals surface area contributed by atoms with Crippen molar-refractivity contribution in [1.82, 2.24) is 4.98 Å². The molecule has 15 heavy (non-hydrogen) atoms. The first-order valence-electron chi connectivity index (χ1n) is 5.14. The van der Waals surface area contributed by atoms with Crippen LogP contribution in [0.4, 0.5) is 0 Å². The van der Waals surface area contributed by atoms with Crippen molar-refractivity contribution in [3.05, 3.63) is 40.5 Å². The van der Waals surface area contributed by atoms with Crippen LogP contribution in [0, 0.1) is 6.92 Å². The fourth-order valence-corrected chi connectivity index (χ4v) is 2.22. The summed E-state index contributed by atoms with van der Waals surface area (Å²) in [6.45, 7) is 6.49. The third-order valence-electron chi connectivity index (χ3n) is 2.65. The van der Waals surface area contributed by atoms with E-state index in [2.05, 4.69) is 25.8 Å². The summed E-state index contributed by atoms with van der Waals surface area (Å²) in [7, 11) is 0. The molecule has 0 fully saturated rings. The van der Waals surface area contributed by atoms with Crippen molar-refractivity contribution >= 4 is 22.5 Å². The summed E-state index contributed by atoms with van der Waals surface area (Å²) >= 11 is 6.02. The average Bonchev–Trinajstić information content (AvgIpc) is 2.16. The van der Waals surface area contributed by atoms with Crippen molar-refractivity contribution in [2.75, 3.05) is 0 Å². The number of aryl methyl sites for hydroxylation is 1. The zero-order valence-electron chi connectivity index (χ0n) is 9.21. The molecule has 2 rings (SSSR count). The summed E-state index contributed by atoms with van der Waals surface area (Å²) in [5.74, 6) is 0.494. The normalized spacial score (nSPS) is 11.3. The van der Waals surface area contributed by atoms with Gasteiger partial charge in [0.05, 0.1) is 5.52 Å². The van der Waals surface area contributed by atoms with Gasteiger partial charge in [-0.1, -0.05) is 25.4 Å². The highest BCUT2D eigenvalue weighted by atomic mass is 35.5. The van der Waals surface area contributed by atoms with Crippen LogP contribution in [0.2, 0.25) is 5.02 Å². The quantitative estimate of drug-likeness (QED) is 0.696. The predicted molar refractivity (Wildman–Crippen MR) is 65.6 cm³/mol. The maximum Gasteiger partial charge on any atom is 0.0706 e. The molecule has 1 aromatic heterocycles. The molecule has 0 unspecified atom stereocenters. The van der Waals surface area contributed by atoms with E-state index in [4.69, 9.17) is 11.6 Å². The van der Waals surface area contributed by atoms with Gasteiger partial charge in [-0.3, -0.25) is 4.98 Å². The van der Waals surface area contributed by atoms with Crippen molar-refractivity contribution in [2.45, 2.75) is 26.7 Å². The van der Waals surface area contributed by atoms with Crippen LogP contribution in [0.15, 0.2) is 24.4 Å². The lowest BCUT2D eigenvalue weighted by atomic mass is 9.95. The van der Waals surface area contributed by atoms with Gasteiger partial charge in [-0.2, -0.15) is 0 Å². The van der Waals surface area contributed by atoms with Gasteiger partial charge in [0.25, 0.3) is 0 Å². The van der Waals surface area contributed by atoms with Crippen LogP contribution in [0.3, 0.4) is 0 Å². The molecule has 0 bridgehead atoms. The Morgan fingerprint density at radius 3 is 2.67 bits per heavy atom. The summed E-state index contributed by atoms with van der Waals surface area (Å²) < 4.78 is 0. The van der Waals surface area contributed by atoms with Crippen molar-refractivity contribution in [1.29, 1.82) is 0 Å². The van der Waals surface area contributed by atoms with Crippen LogP contribution in [-0.4, -0.2) is 4.98 Å². The van der Waals surface area contributed by atoms with Gasteiger partial charge in [0.2, 0.25) is 0 Å². The topological polar surface area (TPSA) is 12.9 Å². The van der Waals surface area contributed by atoms with Crippen LogP contribution in [0.5, 0.6) is 0 Å². The van der Waals surface area contributed by atoms with E-state index in [-0.39, 0.29) is 0 Å². The van der Waals surface area contributed by atoms with Crippen LogP contribution >= 0.6 is 11.6 Å². The zero-order chi connectivity index (χ0) is 11.0. The standard InChI is InChI=1S/C13H14ClN/c1-8(2)13-9(3)7-15-12-5-4-10(14)6-11(12)13/h4-8H,1-3H3. The second-order valence-corrected chi connectivity index (χ2v) is 4.61. The van der Waals surface area contributed by atoms with Crippen molar-refractivity contribution in [2.24, 2.45) is 0 Å². The van der Waals surface area contributed by atoms with E-state index in [0.29, 0.717) is 5.92 Å². The number of nitrogens with zero attached hydrogens (tertiary/aromatic N) is 1. The minimum absolute atomic E-state index is 0.494. The summed E-state index contributed by atoms with van der Waals surface area (Å²) in [4.78, 5) is 4.41. The van der Waals surface area contributed by atoms with E-state index in [1.807, 2.05) is 24.4 Å². The van der Waals surface area contributed by atoms with E-state index in [9.17, 15) is 0 Å². The summed E-state index contributed by atoms with van der Waals surface area (Å²) in [5, 5.41) is 1.95. The number of aromatic nitrogens is 1. The van der Waals surface area contributed by atoms with Gasteiger partial charge in [-0.25, -0.2) is 0 Å². The summed E-state index contributed by atoms with van der Waals surface area (Å²) in [5.41, 5.74) is 3.61. The number of halogens is 1. The molecule has 1 nitrogen and oxygen atoms in total. The lowest BCUT2D eigenvalue weighted by Crippen LogP contribution is -1.95. The lowest BCUT2D eigenvalue weighted by Gasteiger charge is -2.13. The van der Waals surface area contributed by atoms with E-state index < -0.39 is 0 Å². The van der Waals surface area contributed by atoms with E-state index >= 15 is 0 Å². The molecule has 0 aliphatic carbocycles. The number of hydrogen-bond acceptors (Lipinski definition) is 1. The Morgan fingerprint density at radius 1 is 1.27 bits per heavy atom. The molecule has 78 valence electrons. The molecular formula is C13H14ClN. The first-order valence-corrected chi connectivity index (χ1v) is 5.52. The molecule has 0 radical (unpaired) electrons. The highest BCUT2D eigenvalue weighted by Gasteiger charge is 2.09. The van der Waals surface area contributed by atoms with Crippen molar-refractivity contribution in [3.63, 3.8) is 0 Å². The largest absolute Gasteiger partial charge is 0.256 e. The lowest BCUT2D eigenvalue weighted by molar-refractivity contribution is 0.864. The minimum atomic E-state index is 0.494. The second-order valence-electron chi connectivity index (χ2n) is 4.17. The number of pyridine rings is 1. The first kappa shape index (κ1) is 10.4. The molecule has 0 amide bonds.